The summed E-state index contributed by atoms with van der Waals surface area (Å²) in [6.45, 7) is 3.23. The Morgan fingerprint density at radius 1 is 1.48 bits per heavy atom. The van der Waals surface area contributed by atoms with Gasteiger partial charge in [0.2, 0.25) is 15.9 Å². The van der Waals surface area contributed by atoms with Crippen molar-refractivity contribution >= 4 is 27.3 Å². The van der Waals surface area contributed by atoms with Crippen LogP contribution in [0.1, 0.15) is 37.1 Å². The molecule has 1 amide bonds. The van der Waals surface area contributed by atoms with E-state index in [0.717, 1.165) is 12.8 Å². The van der Waals surface area contributed by atoms with Crippen molar-refractivity contribution in [3.05, 3.63) is 22.4 Å². The first-order chi connectivity index (χ1) is 11.8. The smallest absolute Gasteiger partial charge is 0.224 e. The number of nitrogens with zero attached hydrogens (tertiary/aromatic N) is 2. The molecule has 142 valence electrons. The highest BCUT2D eigenvalue weighted by atomic mass is 32.2. The first-order valence-electron chi connectivity index (χ1n) is 8.80. The number of carbonyl (C=O) groups excluding carboxylic acids is 1. The molecule has 25 heavy (non-hydrogen) atoms. The zero-order valence-corrected chi connectivity index (χ0v) is 16.9. The second kappa shape index (κ2) is 9.12. The summed E-state index contributed by atoms with van der Waals surface area (Å²) in [7, 11) is 0.759. The van der Waals surface area contributed by atoms with Crippen molar-refractivity contribution in [2.45, 2.75) is 32.2 Å². The van der Waals surface area contributed by atoms with Gasteiger partial charge in [0, 0.05) is 24.5 Å². The highest BCUT2D eigenvalue weighted by Crippen LogP contribution is 2.23. The van der Waals surface area contributed by atoms with Crippen LogP contribution >= 0.6 is 11.3 Å². The molecule has 0 aromatic carbocycles. The third-order valence-electron chi connectivity index (χ3n) is 4.57. The molecular formula is C17H29N3O3S2. The number of nitrogens with one attached hydrogen (secondary N) is 1. The molecule has 1 aliphatic rings. The number of likely N-dealkylation sites (N-methyl/N-ethyl adjacent to an activating group) is 1. The molecule has 1 N–H and O–H groups in total. The van der Waals surface area contributed by atoms with Crippen LogP contribution in [0.3, 0.4) is 0 Å². The van der Waals surface area contributed by atoms with E-state index in [-0.39, 0.29) is 23.6 Å². The summed E-state index contributed by atoms with van der Waals surface area (Å²) in [6.07, 6.45) is 2.08. The predicted molar refractivity (Wildman–Crippen MR) is 102 cm³/mol. The van der Waals surface area contributed by atoms with Crippen molar-refractivity contribution in [3.63, 3.8) is 0 Å². The fourth-order valence-corrected chi connectivity index (χ4v) is 5.67. The van der Waals surface area contributed by atoms with E-state index in [0.29, 0.717) is 26.1 Å². The summed E-state index contributed by atoms with van der Waals surface area (Å²) < 4.78 is 26.0. The average Bonchev–Trinajstić information content (AvgIpc) is 3.09. The standard InChI is InChI=1S/C17H29N3O3S2/c1-4-11-25(22,23)20-9-5-7-14(13-20)17(21)18-12-15(19(2)3)16-8-6-10-24-16/h6,8,10,14-15H,4-5,7,9,11-13H2,1-3H3,(H,18,21)/t14-,15+/m1/s1. The van der Waals surface area contributed by atoms with Crippen LogP contribution < -0.4 is 5.32 Å². The molecular weight excluding hydrogens is 358 g/mol. The number of piperidine rings is 1. The van der Waals surface area contributed by atoms with Gasteiger partial charge in [0.25, 0.3) is 0 Å². The lowest BCUT2D eigenvalue weighted by atomic mass is 9.98. The highest BCUT2D eigenvalue weighted by molar-refractivity contribution is 7.89. The second-order valence-electron chi connectivity index (χ2n) is 6.75. The van der Waals surface area contributed by atoms with Crippen molar-refractivity contribution in [3.8, 4) is 0 Å². The lowest BCUT2D eigenvalue weighted by molar-refractivity contribution is -0.126. The van der Waals surface area contributed by atoms with Gasteiger partial charge >= 0.3 is 0 Å². The molecule has 2 heterocycles. The Kier molecular flexibility index (Phi) is 7.42. The van der Waals surface area contributed by atoms with E-state index in [9.17, 15) is 13.2 Å². The SMILES string of the molecule is CCCS(=O)(=O)N1CCC[C@@H](C(=O)NC[C@@H](c2cccs2)N(C)C)C1. The maximum Gasteiger partial charge on any atom is 0.224 e. The second-order valence-corrected chi connectivity index (χ2v) is 9.82. The number of hydrogen-bond donors (Lipinski definition) is 1. The minimum absolute atomic E-state index is 0.0418. The van der Waals surface area contributed by atoms with Crippen LogP contribution in [-0.2, 0) is 14.8 Å². The largest absolute Gasteiger partial charge is 0.354 e. The molecule has 1 aromatic rings. The van der Waals surface area contributed by atoms with Gasteiger partial charge in [-0.15, -0.1) is 11.3 Å². The molecule has 0 bridgehead atoms. The summed E-state index contributed by atoms with van der Waals surface area (Å²) >= 11 is 1.68. The minimum atomic E-state index is -3.23. The first kappa shape index (κ1) is 20.4. The number of carbonyl (C=O) groups is 1. The molecule has 0 saturated carbocycles. The van der Waals surface area contributed by atoms with Crippen LogP contribution in [0.25, 0.3) is 0 Å². The van der Waals surface area contributed by atoms with E-state index < -0.39 is 10.0 Å². The molecule has 0 aliphatic carbocycles. The molecule has 0 spiro atoms. The monoisotopic (exact) mass is 387 g/mol. The van der Waals surface area contributed by atoms with Gasteiger partial charge in [-0.1, -0.05) is 13.0 Å². The predicted octanol–water partition coefficient (Wildman–Crippen LogP) is 1.92. The van der Waals surface area contributed by atoms with E-state index in [1.54, 1.807) is 11.3 Å². The molecule has 2 atom stereocenters. The van der Waals surface area contributed by atoms with E-state index >= 15 is 0 Å². The van der Waals surface area contributed by atoms with E-state index in [4.69, 9.17) is 0 Å². The van der Waals surface area contributed by atoms with Gasteiger partial charge in [-0.05, 0) is 44.8 Å². The van der Waals surface area contributed by atoms with E-state index in [1.165, 1.54) is 9.18 Å². The van der Waals surface area contributed by atoms with Crippen LogP contribution in [-0.4, -0.2) is 63.0 Å². The Morgan fingerprint density at radius 2 is 2.24 bits per heavy atom. The summed E-state index contributed by atoms with van der Waals surface area (Å²) in [6, 6.07) is 4.21. The lowest BCUT2D eigenvalue weighted by Gasteiger charge is -2.32. The van der Waals surface area contributed by atoms with Crippen molar-refractivity contribution in [2.75, 3.05) is 39.5 Å². The molecule has 6 nitrogen and oxygen atoms in total. The third-order valence-corrected chi connectivity index (χ3v) is 7.59. The van der Waals surface area contributed by atoms with Crippen LogP contribution in [0.5, 0.6) is 0 Å². The lowest BCUT2D eigenvalue weighted by Crippen LogP contribution is -2.47. The van der Waals surface area contributed by atoms with Crippen LogP contribution in [0.2, 0.25) is 0 Å². The fraction of sp³-hybridized carbons (Fsp3) is 0.706. The van der Waals surface area contributed by atoms with Crippen molar-refractivity contribution in [1.82, 2.24) is 14.5 Å². The Morgan fingerprint density at radius 3 is 2.84 bits per heavy atom. The molecule has 1 fully saturated rings. The van der Waals surface area contributed by atoms with Gasteiger partial charge in [0.05, 0.1) is 17.7 Å². The van der Waals surface area contributed by atoms with Gasteiger partial charge < -0.3 is 10.2 Å². The van der Waals surface area contributed by atoms with E-state index in [2.05, 4.69) is 16.3 Å². The Balaban J connectivity index is 1.93. The van der Waals surface area contributed by atoms with Crippen molar-refractivity contribution in [1.29, 1.82) is 0 Å². The van der Waals surface area contributed by atoms with E-state index in [1.807, 2.05) is 32.5 Å². The van der Waals surface area contributed by atoms with Crippen LogP contribution in [0, 0.1) is 5.92 Å². The molecule has 0 unspecified atom stereocenters. The highest BCUT2D eigenvalue weighted by Gasteiger charge is 2.32. The zero-order valence-electron chi connectivity index (χ0n) is 15.3. The van der Waals surface area contributed by atoms with Gasteiger partial charge in [0.15, 0.2) is 0 Å². The number of amides is 1. The third kappa shape index (κ3) is 5.51. The van der Waals surface area contributed by atoms with Gasteiger partial charge in [0.1, 0.15) is 0 Å². The number of thiophene rings is 1. The quantitative estimate of drug-likeness (QED) is 0.740. The molecule has 1 saturated heterocycles. The maximum atomic E-state index is 12.6. The van der Waals surface area contributed by atoms with Gasteiger partial charge in [-0.2, -0.15) is 0 Å². The molecule has 1 aromatic heterocycles. The Bertz CT molecular complexity index is 644. The summed E-state index contributed by atoms with van der Waals surface area (Å²) in [4.78, 5) is 15.9. The molecule has 2 rings (SSSR count). The summed E-state index contributed by atoms with van der Waals surface area (Å²) in [5, 5.41) is 5.06. The van der Waals surface area contributed by atoms with Gasteiger partial charge in [-0.25, -0.2) is 12.7 Å². The maximum absolute atomic E-state index is 12.6. The molecule has 1 aliphatic heterocycles. The molecule has 0 radical (unpaired) electrons. The Hall–Kier alpha value is -0.960. The zero-order chi connectivity index (χ0) is 18.4. The Labute approximate surface area is 155 Å². The number of rotatable bonds is 8. The topological polar surface area (TPSA) is 69.7 Å². The molecule has 8 heteroatoms. The van der Waals surface area contributed by atoms with Crippen molar-refractivity contribution < 1.29 is 13.2 Å². The van der Waals surface area contributed by atoms with Crippen molar-refractivity contribution in [2.24, 2.45) is 5.92 Å². The normalized spacial score (nSPS) is 20.6. The number of hydrogen-bond acceptors (Lipinski definition) is 5. The van der Waals surface area contributed by atoms with Crippen LogP contribution in [0.15, 0.2) is 17.5 Å². The first-order valence-corrected chi connectivity index (χ1v) is 11.3. The minimum Gasteiger partial charge on any atom is -0.354 e. The van der Waals surface area contributed by atoms with Crippen LogP contribution in [0.4, 0.5) is 0 Å². The number of sulfonamides is 1. The summed E-state index contributed by atoms with van der Waals surface area (Å²) in [5.41, 5.74) is 0. The average molecular weight is 388 g/mol. The summed E-state index contributed by atoms with van der Waals surface area (Å²) in [5.74, 6) is -0.145. The fourth-order valence-electron chi connectivity index (χ4n) is 3.16. The van der Waals surface area contributed by atoms with Gasteiger partial charge in [-0.3, -0.25) is 4.79 Å².